The molecule has 0 bridgehead atoms. The molecule has 0 saturated heterocycles. The lowest BCUT2D eigenvalue weighted by Crippen LogP contribution is -2.44. The largest absolute Gasteiger partial charge is 0.335 e. The predicted molar refractivity (Wildman–Crippen MR) is 106 cm³/mol. The van der Waals surface area contributed by atoms with E-state index in [-0.39, 0.29) is 29.3 Å². The SMILES string of the molecule is CC(=O)Nc1ccc(CN(C(=O)CC(C)(C)C)C2CCC(N)CC2)cc1. The quantitative estimate of drug-likeness (QED) is 0.842. The third kappa shape index (κ3) is 6.45. The highest BCUT2D eigenvalue weighted by Crippen LogP contribution is 2.28. The second kappa shape index (κ2) is 8.67. The Labute approximate surface area is 157 Å². The van der Waals surface area contributed by atoms with Crippen LogP contribution in [0.25, 0.3) is 0 Å². The molecule has 0 atom stereocenters. The van der Waals surface area contributed by atoms with Crippen molar-refractivity contribution in [1.82, 2.24) is 4.90 Å². The van der Waals surface area contributed by atoms with Gasteiger partial charge < -0.3 is 16.0 Å². The summed E-state index contributed by atoms with van der Waals surface area (Å²) in [6.45, 7) is 8.40. The van der Waals surface area contributed by atoms with Gasteiger partial charge in [-0.15, -0.1) is 0 Å². The molecule has 1 aromatic rings. The zero-order chi connectivity index (χ0) is 19.3. The van der Waals surface area contributed by atoms with Gasteiger partial charge in [-0.1, -0.05) is 32.9 Å². The van der Waals surface area contributed by atoms with Crippen LogP contribution in [-0.2, 0) is 16.1 Å². The van der Waals surface area contributed by atoms with Crippen LogP contribution in [0.3, 0.4) is 0 Å². The molecular formula is C21H33N3O2. The van der Waals surface area contributed by atoms with Crippen LogP contribution in [0.4, 0.5) is 5.69 Å². The van der Waals surface area contributed by atoms with Gasteiger partial charge in [0.05, 0.1) is 0 Å². The second-order valence-corrected chi connectivity index (χ2v) is 8.71. The number of anilines is 1. The summed E-state index contributed by atoms with van der Waals surface area (Å²) in [5.41, 5.74) is 7.87. The van der Waals surface area contributed by atoms with E-state index in [0.29, 0.717) is 13.0 Å². The first kappa shape index (κ1) is 20.4. The maximum absolute atomic E-state index is 13.0. The Kier molecular flexibility index (Phi) is 6.81. The molecule has 0 aromatic heterocycles. The summed E-state index contributed by atoms with van der Waals surface area (Å²) < 4.78 is 0. The van der Waals surface area contributed by atoms with Crippen LogP contribution >= 0.6 is 0 Å². The van der Waals surface area contributed by atoms with Crippen LogP contribution in [0.5, 0.6) is 0 Å². The molecule has 1 aromatic carbocycles. The molecule has 0 heterocycles. The highest BCUT2D eigenvalue weighted by Gasteiger charge is 2.29. The Morgan fingerprint density at radius 3 is 2.19 bits per heavy atom. The third-order valence-corrected chi connectivity index (χ3v) is 4.81. The van der Waals surface area contributed by atoms with Gasteiger partial charge in [-0.3, -0.25) is 9.59 Å². The first-order chi connectivity index (χ1) is 12.1. The number of amides is 2. The molecule has 5 heteroatoms. The highest BCUT2D eigenvalue weighted by molar-refractivity contribution is 5.88. The van der Waals surface area contributed by atoms with Crippen LogP contribution in [0.2, 0.25) is 0 Å². The summed E-state index contributed by atoms with van der Waals surface area (Å²) in [6.07, 6.45) is 4.44. The van der Waals surface area contributed by atoms with E-state index in [4.69, 9.17) is 5.73 Å². The fraction of sp³-hybridized carbons (Fsp3) is 0.619. The fourth-order valence-corrected chi connectivity index (χ4v) is 3.48. The standard InChI is InChI=1S/C21H33N3O2/c1-15(25)23-18-9-5-16(6-10-18)14-24(20(26)13-21(2,3)4)19-11-7-17(22)8-12-19/h5-6,9-10,17,19H,7-8,11-14,22H2,1-4H3,(H,23,25). The first-order valence-corrected chi connectivity index (χ1v) is 9.55. The number of rotatable bonds is 5. The van der Waals surface area contributed by atoms with Crippen LogP contribution in [0.1, 0.15) is 65.4 Å². The number of nitrogens with zero attached hydrogens (tertiary/aromatic N) is 1. The van der Waals surface area contributed by atoms with Gasteiger partial charge in [0, 0.05) is 37.7 Å². The number of nitrogens with two attached hydrogens (primary N) is 1. The van der Waals surface area contributed by atoms with E-state index < -0.39 is 0 Å². The van der Waals surface area contributed by atoms with Crippen molar-refractivity contribution in [3.63, 3.8) is 0 Å². The van der Waals surface area contributed by atoms with E-state index in [1.54, 1.807) is 0 Å². The van der Waals surface area contributed by atoms with Gasteiger partial charge in [0.25, 0.3) is 0 Å². The van der Waals surface area contributed by atoms with Crippen LogP contribution in [0, 0.1) is 5.41 Å². The summed E-state index contributed by atoms with van der Waals surface area (Å²) in [5.74, 6) is 0.127. The third-order valence-electron chi connectivity index (χ3n) is 4.81. The van der Waals surface area contributed by atoms with Crippen LogP contribution in [0.15, 0.2) is 24.3 Å². The van der Waals surface area contributed by atoms with Gasteiger partial charge in [-0.25, -0.2) is 0 Å². The number of nitrogens with one attached hydrogen (secondary N) is 1. The molecule has 3 N–H and O–H groups in total. The van der Waals surface area contributed by atoms with Crippen molar-refractivity contribution in [3.8, 4) is 0 Å². The Morgan fingerprint density at radius 2 is 1.69 bits per heavy atom. The molecule has 2 rings (SSSR count). The van der Waals surface area contributed by atoms with E-state index in [9.17, 15) is 9.59 Å². The molecule has 2 amide bonds. The summed E-state index contributed by atoms with van der Waals surface area (Å²) in [7, 11) is 0. The topological polar surface area (TPSA) is 75.4 Å². The van der Waals surface area contributed by atoms with Gasteiger partial charge in [0.1, 0.15) is 0 Å². The van der Waals surface area contributed by atoms with Gasteiger partial charge in [-0.05, 0) is 48.8 Å². The average molecular weight is 360 g/mol. The lowest BCUT2D eigenvalue weighted by Gasteiger charge is -2.37. The summed E-state index contributed by atoms with van der Waals surface area (Å²) in [5, 5.41) is 2.77. The van der Waals surface area contributed by atoms with Crippen molar-refractivity contribution in [3.05, 3.63) is 29.8 Å². The second-order valence-electron chi connectivity index (χ2n) is 8.71. The number of hydrogen-bond acceptors (Lipinski definition) is 3. The Balaban J connectivity index is 2.12. The first-order valence-electron chi connectivity index (χ1n) is 9.55. The predicted octanol–water partition coefficient (Wildman–Crippen LogP) is 3.68. The average Bonchev–Trinajstić information content (AvgIpc) is 2.53. The van der Waals surface area contributed by atoms with Crippen molar-refractivity contribution in [2.75, 3.05) is 5.32 Å². The van der Waals surface area contributed by atoms with Crippen LogP contribution < -0.4 is 11.1 Å². The molecule has 0 radical (unpaired) electrons. The Bertz CT molecular complexity index is 611. The van der Waals surface area contributed by atoms with Gasteiger partial charge >= 0.3 is 0 Å². The van der Waals surface area contributed by atoms with Crippen molar-refractivity contribution in [1.29, 1.82) is 0 Å². The number of carbonyl (C=O) groups excluding carboxylic acids is 2. The zero-order valence-corrected chi connectivity index (χ0v) is 16.5. The molecule has 1 fully saturated rings. The Hall–Kier alpha value is -1.88. The maximum Gasteiger partial charge on any atom is 0.223 e. The molecule has 0 spiro atoms. The van der Waals surface area contributed by atoms with Crippen molar-refractivity contribution >= 4 is 17.5 Å². The van der Waals surface area contributed by atoms with Crippen molar-refractivity contribution in [2.45, 2.75) is 78.4 Å². The minimum atomic E-state index is -0.0849. The molecule has 5 nitrogen and oxygen atoms in total. The lowest BCUT2D eigenvalue weighted by atomic mass is 9.88. The molecule has 1 aliphatic rings. The van der Waals surface area contributed by atoms with E-state index in [0.717, 1.165) is 36.9 Å². The van der Waals surface area contributed by atoms with Gasteiger partial charge in [0.15, 0.2) is 0 Å². The summed E-state index contributed by atoms with van der Waals surface area (Å²) in [4.78, 5) is 26.2. The summed E-state index contributed by atoms with van der Waals surface area (Å²) in [6, 6.07) is 8.27. The summed E-state index contributed by atoms with van der Waals surface area (Å²) >= 11 is 0. The molecule has 0 unspecified atom stereocenters. The highest BCUT2D eigenvalue weighted by atomic mass is 16.2. The minimum absolute atomic E-state index is 0.0321. The maximum atomic E-state index is 13.0. The smallest absolute Gasteiger partial charge is 0.223 e. The molecule has 0 aliphatic heterocycles. The molecular weight excluding hydrogens is 326 g/mol. The van der Waals surface area contributed by atoms with Gasteiger partial charge in [0.2, 0.25) is 11.8 Å². The van der Waals surface area contributed by atoms with Gasteiger partial charge in [-0.2, -0.15) is 0 Å². The molecule has 26 heavy (non-hydrogen) atoms. The normalized spacial score (nSPS) is 20.5. The molecule has 1 aliphatic carbocycles. The van der Waals surface area contributed by atoms with Crippen LogP contribution in [-0.4, -0.2) is 28.8 Å². The Morgan fingerprint density at radius 1 is 1.12 bits per heavy atom. The van der Waals surface area contributed by atoms with E-state index >= 15 is 0 Å². The van der Waals surface area contributed by atoms with E-state index in [1.165, 1.54) is 6.92 Å². The van der Waals surface area contributed by atoms with E-state index in [2.05, 4.69) is 26.1 Å². The number of carbonyl (C=O) groups is 2. The van der Waals surface area contributed by atoms with Crippen molar-refractivity contribution < 1.29 is 9.59 Å². The number of hydrogen-bond donors (Lipinski definition) is 2. The molecule has 1 saturated carbocycles. The zero-order valence-electron chi connectivity index (χ0n) is 16.5. The molecule has 144 valence electrons. The lowest BCUT2D eigenvalue weighted by molar-refractivity contribution is -0.137. The minimum Gasteiger partial charge on any atom is -0.335 e. The fourth-order valence-electron chi connectivity index (χ4n) is 3.48. The number of benzene rings is 1. The van der Waals surface area contributed by atoms with Crippen molar-refractivity contribution in [2.24, 2.45) is 11.1 Å². The van der Waals surface area contributed by atoms with E-state index in [1.807, 2.05) is 29.2 Å². The monoisotopic (exact) mass is 359 g/mol.